The second kappa shape index (κ2) is 4.07. The predicted molar refractivity (Wildman–Crippen MR) is 58.5 cm³/mol. The topological polar surface area (TPSA) is 32.9 Å². The van der Waals surface area contributed by atoms with Gasteiger partial charge in [-0.1, -0.05) is 6.07 Å². The minimum absolute atomic E-state index is 0.00315. The summed E-state index contributed by atoms with van der Waals surface area (Å²) < 4.78 is 0. The summed E-state index contributed by atoms with van der Waals surface area (Å²) in [5.74, 6) is 0.00315. The molecule has 0 saturated carbocycles. The third-order valence-electron chi connectivity index (χ3n) is 1.81. The lowest BCUT2D eigenvalue weighted by atomic mass is 10.2. The number of aromatic amines is 1. The Hall–Kier alpha value is -1.61. The number of hydrogen-bond donors (Lipinski definition) is 1. The largest absolute Gasteiger partial charge is 0.359 e. The minimum atomic E-state index is 0.00315. The third-order valence-corrected chi connectivity index (χ3v) is 2.64. The Morgan fingerprint density at radius 1 is 1.36 bits per heavy atom. The van der Waals surface area contributed by atoms with Crippen molar-refractivity contribution in [3.8, 4) is 0 Å². The van der Waals surface area contributed by atoms with E-state index >= 15 is 0 Å². The highest BCUT2D eigenvalue weighted by atomic mass is 32.1. The Morgan fingerprint density at radius 2 is 2.29 bits per heavy atom. The number of carbonyl (C=O) groups is 1. The summed E-state index contributed by atoms with van der Waals surface area (Å²) in [7, 11) is 0. The maximum Gasteiger partial charge on any atom is 0.202 e. The van der Waals surface area contributed by atoms with E-state index in [-0.39, 0.29) is 5.78 Å². The fourth-order valence-corrected chi connectivity index (χ4v) is 1.74. The van der Waals surface area contributed by atoms with Crippen molar-refractivity contribution in [2.45, 2.75) is 0 Å². The van der Waals surface area contributed by atoms with Crippen molar-refractivity contribution < 1.29 is 4.79 Å². The number of hydrogen-bond acceptors (Lipinski definition) is 2. The Morgan fingerprint density at radius 3 is 2.93 bits per heavy atom. The first-order valence-corrected chi connectivity index (χ1v) is 5.13. The molecule has 0 fully saturated rings. The zero-order valence-electron chi connectivity index (χ0n) is 7.44. The van der Waals surface area contributed by atoms with Crippen LogP contribution in [0.15, 0.2) is 41.9 Å². The molecule has 1 N–H and O–H groups in total. The smallest absolute Gasteiger partial charge is 0.202 e. The van der Waals surface area contributed by atoms with Crippen LogP contribution in [0.2, 0.25) is 0 Å². The fraction of sp³-hybridized carbons (Fsp3) is 0. The van der Waals surface area contributed by atoms with Crippen LogP contribution < -0.4 is 0 Å². The van der Waals surface area contributed by atoms with Crippen molar-refractivity contribution in [1.82, 2.24) is 4.98 Å². The summed E-state index contributed by atoms with van der Waals surface area (Å²) in [5.41, 5.74) is 0.623. The SMILES string of the molecule is O=C(/C=C/c1cccs1)c1ccc[nH]1. The van der Waals surface area contributed by atoms with E-state index in [1.54, 1.807) is 29.7 Å². The van der Waals surface area contributed by atoms with Gasteiger partial charge < -0.3 is 4.98 Å². The number of carbonyl (C=O) groups excluding carboxylic acids is 1. The summed E-state index contributed by atoms with van der Waals surface area (Å²) >= 11 is 1.61. The number of H-pyrrole nitrogens is 1. The van der Waals surface area contributed by atoms with Crippen molar-refractivity contribution in [1.29, 1.82) is 0 Å². The standard InChI is InChI=1S/C11H9NOS/c13-11(10-4-1-7-12-10)6-5-9-3-2-8-14-9/h1-8,12H/b6-5+. The van der Waals surface area contributed by atoms with Gasteiger partial charge in [0.25, 0.3) is 0 Å². The van der Waals surface area contributed by atoms with Crippen LogP contribution in [-0.2, 0) is 0 Å². The zero-order chi connectivity index (χ0) is 9.80. The van der Waals surface area contributed by atoms with Gasteiger partial charge in [0.1, 0.15) is 0 Å². The molecule has 0 saturated heterocycles. The Kier molecular flexibility index (Phi) is 2.60. The van der Waals surface area contributed by atoms with E-state index in [1.807, 2.05) is 29.7 Å². The van der Waals surface area contributed by atoms with Gasteiger partial charge in [-0.05, 0) is 35.7 Å². The zero-order valence-corrected chi connectivity index (χ0v) is 8.25. The average molecular weight is 203 g/mol. The van der Waals surface area contributed by atoms with E-state index in [2.05, 4.69) is 4.98 Å². The molecule has 2 heterocycles. The molecular formula is C11H9NOS. The van der Waals surface area contributed by atoms with Crippen LogP contribution in [0.25, 0.3) is 6.08 Å². The molecule has 3 heteroatoms. The Bertz CT molecular complexity index is 426. The summed E-state index contributed by atoms with van der Waals surface area (Å²) in [4.78, 5) is 15.4. The second-order valence-corrected chi connectivity index (χ2v) is 3.78. The lowest BCUT2D eigenvalue weighted by molar-refractivity contribution is 0.104. The first-order chi connectivity index (χ1) is 6.86. The normalized spacial score (nSPS) is 10.9. The quantitative estimate of drug-likeness (QED) is 0.603. The molecule has 0 aliphatic rings. The number of allylic oxidation sites excluding steroid dienone is 1. The van der Waals surface area contributed by atoms with Crippen molar-refractivity contribution in [3.63, 3.8) is 0 Å². The van der Waals surface area contributed by atoms with E-state index < -0.39 is 0 Å². The fourth-order valence-electron chi connectivity index (χ4n) is 1.12. The maximum absolute atomic E-state index is 11.5. The molecular weight excluding hydrogens is 194 g/mol. The lowest BCUT2D eigenvalue weighted by Gasteiger charge is -1.87. The molecule has 0 amide bonds. The van der Waals surface area contributed by atoms with E-state index in [4.69, 9.17) is 0 Å². The molecule has 0 atom stereocenters. The van der Waals surface area contributed by atoms with Crippen molar-refractivity contribution in [3.05, 3.63) is 52.5 Å². The highest BCUT2D eigenvalue weighted by Gasteiger charge is 2.00. The van der Waals surface area contributed by atoms with E-state index in [9.17, 15) is 4.79 Å². The molecule has 0 aromatic carbocycles. The van der Waals surface area contributed by atoms with Crippen molar-refractivity contribution in [2.75, 3.05) is 0 Å². The van der Waals surface area contributed by atoms with Gasteiger partial charge in [0.15, 0.2) is 0 Å². The van der Waals surface area contributed by atoms with Crippen molar-refractivity contribution >= 4 is 23.2 Å². The van der Waals surface area contributed by atoms with E-state index in [0.717, 1.165) is 4.88 Å². The van der Waals surface area contributed by atoms with Gasteiger partial charge in [0.2, 0.25) is 5.78 Å². The number of nitrogens with one attached hydrogen (secondary N) is 1. The van der Waals surface area contributed by atoms with Crippen LogP contribution in [-0.4, -0.2) is 10.8 Å². The highest BCUT2D eigenvalue weighted by molar-refractivity contribution is 7.10. The number of ketones is 1. The maximum atomic E-state index is 11.5. The molecule has 14 heavy (non-hydrogen) atoms. The average Bonchev–Trinajstić information content (AvgIpc) is 2.87. The molecule has 2 nitrogen and oxygen atoms in total. The van der Waals surface area contributed by atoms with Gasteiger partial charge in [-0.2, -0.15) is 0 Å². The van der Waals surface area contributed by atoms with Crippen molar-refractivity contribution in [2.24, 2.45) is 0 Å². The molecule has 0 aliphatic heterocycles. The molecule has 0 aliphatic carbocycles. The molecule has 2 aromatic rings. The van der Waals surface area contributed by atoms with Crippen LogP contribution >= 0.6 is 11.3 Å². The monoisotopic (exact) mass is 203 g/mol. The predicted octanol–water partition coefficient (Wildman–Crippen LogP) is 2.97. The molecule has 70 valence electrons. The summed E-state index contributed by atoms with van der Waals surface area (Å²) in [6.45, 7) is 0. The van der Waals surface area contributed by atoms with Crippen LogP contribution in [0.3, 0.4) is 0 Å². The summed E-state index contributed by atoms with van der Waals surface area (Å²) in [6, 6.07) is 7.51. The Balaban J connectivity index is 2.09. The number of thiophene rings is 1. The van der Waals surface area contributed by atoms with Gasteiger partial charge in [-0.25, -0.2) is 0 Å². The first-order valence-electron chi connectivity index (χ1n) is 4.25. The lowest BCUT2D eigenvalue weighted by Crippen LogP contribution is -1.92. The molecule has 2 aromatic heterocycles. The van der Waals surface area contributed by atoms with Crippen LogP contribution in [0.5, 0.6) is 0 Å². The molecule has 2 rings (SSSR count). The molecule has 0 unspecified atom stereocenters. The van der Waals surface area contributed by atoms with Gasteiger partial charge in [0.05, 0.1) is 5.69 Å². The summed E-state index contributed by atoms with van der Waals surface area (Å²) in [6.07, 6.45) is 5.15. The van der Waals surface area contributed by atoms with Crippen LogP contribution in [0.4, 0.5) is 0 Å². The van der Waals surface area contributed by atoms with E-state index in [0.29, 0.717) is 5.69 Å². The van der Waals surface area contributed by atoms with Crippen LogP contribution in [0.1, 0.15) is 15.4 Å². The molecule has 0 spiro atoms. The third kappa shape index (κ3) is 2.00. The Labute approximate surface area is 85.9 Å². The molecule has 0 radical (unpaired) electrons. The van der Waals surface area contributed by atoms with Gasteiger partial charge >= 0.3 is 0 Å². The van der Waals surface area contributed by atoms with Gasteiger partial charge in [-0.15, -0.1) is 11.3 Å². The van der Waals surface area contributed by atoms with Crippen LogP contribution in [0, 0.1) is 0 Å². The minimum Gasteiger partial charge on any atom is -0.359 e. The highest BCUT2D eigenvalue weighted by Crippen LogP contribution is 2.10. The molecule has 0 bridgehead atoms. The van der Waals surface area contributed by atoms with Gasteiger partial charge in [0, 0.05) is 11.1 Å². The van der Waals surface area contributed by atoms with Gasteiger partial charge in [-0.3, -0.25) is 4.79 Å². The van der Waals surface area contributed by atoms with E-state index in [1.165, 1.54) is 0 Å². The number of aromatic nitrogens is 1. The first kappa shape index (κ1) is 8.97. The second-order valence-electron chi connectivity index (χ2n) is 2.80. The summed E-state index contributed by atoms with van der Waals surface area (Å²) in [5, 5.41) is 1.98. The number of rotatable bonds is 3.